The topological polar surface area (TPSA) is 63.9 Å². The number of aromatic amines is 1. The van der Waals surface area contributed by atoms with Crippen molar-refractivity contribution in [3.05, 3.63) is 35.8 Å². The minimum atomic E-state index is -0.185. The number of ether oxygens (including phenoxy) is 1. The zero-order valence-electron chi connectivity index (χ0n) is 12.7. The summed E-state index contributed by atoms with van der Waals surface area (Å²) in [7, 11) is 0. The van der Waals surface area contributed by atoms with E-state index in [9.17, 15) is 0 Å². The number of rotatable bonds is 4. The number of nitrogens with zero attached hydrogens (tertiary/aromatic N) is 1. The molecule has 0 unspecified atom stereocenters. The molecule has 0 atom stereocenters. The summed E-state index contributed by atoms with van der Waals surface area (Å²) in [6, 6.07) is 8.04. The Morgan fingerprint density at radius 2 is 1.85 bits per heavy atom. The summed E-state index contributed by atoms with van der Waals surface area (Å²) in [5, 5.41) is 0. The van der Waals surface area contributed by atoms with Crippen molar-refractivity contribution in [3.8, 4) is 17.0 Å². The summed E-state index contributed by atoms with van der Waals surface area (Å²) >= 11 is 0. The Hall–Kier alpha value is -1.81. The predicted molar refractivity (Wildman–Crippen MR) is 81.9 cm³/mol. The summed E-state index contributed by atoms with van der Waals surface area (Å²) in [4.78, 5) is 7.83. The van der Waals surface area contributed by atoms with Crippen LogP contribution in [0.1, 0.15) is 32.3 Å². The van der Waals surface area contributed by atoms with Crippen LogP contribution in [0.5, 0.6) is 5.75 Å². The molecule has 0 amide bonds. The van der Waals surface area contributed by atoms with Crippen LogP contribution in [-0.4, -0.2) is 22.1 Å². The molecule has 0 aliphatic heterocycles. The smallest absolute Gasteiger partial charge is 0.120 e. The van der Waals surface area contributed by atoms with Crippen molar-refractivity contribution in [1.82, 2.24) is 9.97 Å². The molecule has 0 bridgehead atoms. The molecular formula is C16H23N3O. The minimum Gasteiger partial charge on any atom is -0.488 e. The first kappa shape index (κ1) is 14.6. The van der Waals surface area contributed by atoms with Gasteiger partial charge in [-0.15, -0.1) is 0 Å². The van der Waals surface area contributed by atoms with E-state index < -0.39 is 0 Å². The van der Waals surface area contributed by atoms with Crippen LogP contribution in [0.15, 0.2) is 24.3 Å². The fourth-order valence-electron chi connectivity index (χ4n) is 2.14. The first-order valence-electron chi connectivity index (χ1n) is 6.94. The maximum atomic E-state index is 5.83. The van der Waals surface area contributed by atoms with Gasteiger partial charge in [-0.1, -0.05) is 0 Å². The van der Waals surface area contributed by atoms with Gasteiger partial charge < -0.3 is 15.5 Å². The van der Waals surface area contributed by atoms with Crippen molar-refractivity contribution < 1.29 is 4.74 Å². The van der Waals surface area contributed by atoms with E-state index in [1.807, 2.05) is 52.0 Å². The number of aromatic nitrogens is 2. The van der Waals surface area contributed by atoms with Crippen LogP contribution >= 0.6 is 0 Å². The molecule has 1 aromatic carbocycles. The summed E-state index contributed by atoms with van der Waals surface area (Å²) < 4.78 is 5.83. The summed E-state index contributed by atoms with van der Waals surface area (Å²) in [5.74, 6) is 1.78. The van der Waals surface area contributed by atoms with Crippen LogP contribution in [0, 0.1) is 6.92 Å². The van der Waals surface area contributed by atoms with E-state index in [0.29, 0.717) is 6.54 Å². The second kappa shape index (κ2) is 5.67. The van der Waals surface area contributed by atoms with Gasteiger partial charge in [0.05, 0.1) is 5.69 Å². The Balaban J connectivity index is 2.26. The van der Waals surface area contributed by atoms with Crippen LogP contribution in [0.3, 0.4) is 0 Å². The quantitative estimate of drug-likeness (QED) is 0.900. The third kappa shape index (κ3) is 3.61. The number of nitrogens with one attached hydrogen (secondary N) is 1. The molecule has 3 N–H and O–H groups in total. The molecule has 0 fully saturated rings. The number of imidazole rings is 1. The van der Waals surface area contributed by atoms with Gasteiger partial charge in [0.1, 0.15) is 17.2 Å². The number of benzene rings is 1. The maximum Gasteiger partial charge on any atom is 0.120 e. The predicted octanol–water partition coefficient (Wildman–Crippen LogP) is 3.06. The van der Waals surface area contributed by atoms with Gasteiger partial charge in [0, 0.05) is 17.7 Å². The Morgan fingerprint density at radius 3 is 2.40 bits per heavy atom. The lowest BCUT2D eigenvalue weighted by atomic mass is 10.1. The highest BCUT2D eigenvalue weighted by atomic mass is 16.5. The van der Waals surface area contributed by atoms with Crippen LogP contribution in [0.25, 0.3) is 11.3 Å². The highest BCUT2D eigenvalue weighted by molar-refractivity contribution is 5.63. The second-order valence-electron chi connectivity index (χ2n) is 5.93. The second-order valence-corrected chi connectivity index (χ2v) is 5.93. The van der Waals surface area contributed by atoms with Crippen LogP contribution in [-0.2, 0) is 6.42 Å². The molecule has 0 spiro atoms. The molecular weight excluding hydrogens is 250 g/mol. The minimum absolute atomic E-state index is 0.185. The van der Waals surface area contributed by atoms with E-state index in [2.05, 4.69) is 9.97 Å². The molecule has 2 aromatic rings. The van der Waals surface area contributed by atoms with Crippen molar-refractivity contribution in [1.29, 1.82) is 0 Å². The number of hydrogen-bond acceptors (Lipinski definition) is 3. The van der Waals surface area contributed by atoms with Crippen molar-refractivity contribution in [3.63, 3.8) is 0 Å². The van der Waals surface area contributed by atoms with Gasteiger partial charge in [-0.05, 0) is 58.5 Å². The lowest BCUT2D eigenvalue weighted by Crippen LogP contribution is -2.22. The average Bonchev–Trinajstić information content (AvgIpc) is 2.70. The lowest BCUT2D eigenvalue weighted by Gasteiger charge is -2.21. The SMILES string of the molecule is Cc1nc(-c2ccc(OC(C)(C)C)cc2)c(CCN)[nH]1. The molecule has 1 heterocycles. The van der Waals surface area contributed by atoms with Crippen molar-refractivity contribution >= 4 is 0 Å². The van der Waals surface area contributed by atoms with E-state index >= 15 is 0 Å². The van der Waals surface area contributed by atoms with E-state index in [0.717, 1.165) is 34.9 Å². The molecule has 0 aliphatic carbocycles. The van der Waals surface area contributed by atoms with Crippen molar-refractivity contribution in [2.75, 3.05) is 6.54 Å². The van der Waals surface area contributed by atoms with E-state index in [1.54, 1.807) is 0 Å². The average molecular weight is 273 g/mol. The zero-order valence-corrected chi connectivity index (χ0v) is 12.7. The van der Waals surface area contributed by atoms with Crippen molar-refractivity contribution in [2.45, 2.75) is 39.7 Å². The molecule has 1 aromatic heterocycles. The van der Waals surface area contributed by atoms with Crippen LogP contribution in [0.2, 0.25) is 0 Å². The Labute approximate surface area is 120 Å². The number of aryl methyl sites for hydroxylation is 1. The van der Waals surface area contributed by atoms with Gasteiger partial charge in [-0.2, -0.15) is 0 Å². The molecule has 20 heavy (non-hydrogen) atoms. The lowest BCUT2D eigenvalue weighted by molar-refractivity contribution is 0.131. The normalized spacial score (nSPS) is 11.7. The van der Waals surface area contributed by atoms with Crippen LogP contribution < -0.4 is 10.5 Å². The first-order chi connectivity index (χ1) is 9.39. The molecule has 4 nitrogen and oxygen atoms in total. The molecule has 2 rings (SSSR count). The third-order valence-corrected chi connectivity index (χ3v) is 2.84. The first-order valence-corrected chi connectivity index (χ1v) is 6.94. The number of nitrogens with two attached hydrogens (primary N) is 1. The van der Waals surface area contributed by atoms with Gasteiger partial charge >= 0.3 is 0 Å². The summed E-state index contributed by atoms with van der Waals surface area (Å²) in [5.41, 5.74) is 8.61. The molecule has 0 saturated carbocycles. The van der Waals surface area contributed by atoms with E-state index in [1.165, 1.54) is 0 Å². The maximum absolute atomic E-state index is 5.83. The van der Waals surface area contributed by atoms with Gasteiger partial charge in [-0.25, -0.2) is 4.98 Å². The Morgan fingerprint density at radius 1 is 1.20 bits per heavy atom. The number of H-pyrrole nitrogens is 1. The Kier molecular flexibility index (Phi) is 4.14. The standard InChI is InChI=1S/C16H23N3O/c1-11-18-14(9-10-17)15(19-11)12-5-7-13(8-6-12)20-16(2,3)4/h5-8H,9-10,17H2,1-4H3,(H,18,19). The summed E-state index contributed by atoms with van der Waals surface area (Å²) in [6.45, 7) is 8.69. The van der Waals surface area contributed by atoms with Gasteiger partial charge in [0.2, 0.25) is 0 Å². The van der Waals surface area contributed by atoms with Gasteiger partial charge in [0.15, 0.2) is 0 Å². The fraction of sp³-hybridized carbons (Fsp3) is 0.438. The zero-order chi connectivity index (χ0) is 14.8. The molecule has 108 valence electrons. The highest BCUT2D eigenvalue weighted by Crippen LogP contribution is 2.26. The number of hydrogen-bond donors (Lipinski definition) is 2. The van der Waals surface area contributed by atoms with E-state index in [4.69, 9.17) is 10.5 Å². The monoisotopic (exact) mass is 273 g/mol. The molecule has 0 saturated heterocycles. The Bertz CT molecular complexity index is 564. The van der Waals surface area contributed by atoms with Gasteiger partial charge in [0.25, 0.3) is 0 Å². The molecule has 4 heteroatoms. The molecule has 0 radical (unpaired) electrons. The summed E-state index contributed by atoms with van der Waals surface area (Å²) in [6.07, 6.45) is 0.802. The third-order valence-electron chi connectivity index (χ3n) is 2.84. The fourth-order valence-corrected chi connectivity index (χ4v) is 2.14. The van der Waals surface area contributed by atoms with E-state index in [-0.39, 0.29) is 5.60 Å². The molecule has 0 aliphatic rings. The van der Waals surface area contributed by atoms with Gasteiger partial charge in [-0.3, -0.25) is 0 Å². The van der Waals surface area contributed by atoms with Crippen LogP contribution in [0.4, 0.5) is 0 Å². The largest absolute Gasteiger partial charge is 0.488 e. The highest BCUT2D eigenvalue weighted by Gasteiger charge is 2.13. The van der Waals surface area contributed by atoms with Crippen molar-refractivity contribution in [2.24, 2.45) is 5.73 Å².